The summed E-state index contributed by atoms with van der Waals surface area (Å²) in [5.74, 6) is 0.750. The van der Waals surface area contributed by atoms with Crippen LogP contribution in [-0.2, 0) is 27.9 Å². The van der Waals surface area contributed by atoms with Crippen LogP contribution in [0.2, 0.25) is 0 Å². The molecule has 2 aromatic heterocycles. The lowest BCUT2D eigenvalue weighted by molar-refractivity contribution is -0.139. The smallest absolute Gasteiger partial charge is 0.318 e. The Morgan fingerprint density at radius 2 is 2.08 bits per heavy atom. The van der Waals surface area contributed by atoms with E-state index in [0.29, 0.717) is 30.0 Å². The molecule has 2 heterocycles. The van der Waals surface area contributed by atoms with Crippen LogP contribution < -0.4 is 4.74 Å². The van der Waals surface area contributed by atoms with Gasteiger partial charge < -0.3 is 14.2 Å². The third-order valence-corrected chi connectivity index (χ3v) is 4.34. The number of carbonyl (C=O) groups excluding carboxylic acids is 1. The van der Waals surface area contributed by atoms with Gasteiger partial charge in [0.1, 0.15) is 10.8 Å². The van der Waals surface area contributed by atoms with Crippen LogP contribution in [0.1, 0.15) is 6.92 Å². The van der Waals surface area contributed by atoms with E-state index in [1.54, 1.807) is 32.9 Å². The molecule has 2 rings (SSSR count). The van der Waals surface area contributed by atoms with Crippen LogP contribution in [0.25, 0.3) is 11.4 Å². The summed E-state index contributed by atoms with van der Waals surface area (Å²) in [6.45, 7) is 2.77. The van der Waals surface area contributed by atoms with Crippen LogP contribution in [0.5, 0.6) is 5.88 Å². The lowest BCUT2D eigenvalue weighted by atomic mass is 10.3. The Morgan fingerprint density at radius 3 is 2.71 bits per heavy atom. The number of aryl methyl sites for hydroxylation is 1. The summed E-state index contributed by atoms with van der Waals surface area (Å²) in [7, 11) is 6.34. The second-order valence-electron chi connectivity index (χ2n) is 4.96. The van der Waals surface area contributed by atoms with Gasteiger partial charge in [-0.1, -0.05) is 11.8 Å². The molecular formula is C14H21N5O4S. The Morgan fingerprint density at radius 1 is 1.33 bits per heavy atom. The van der Waals surface area contributed by atoms with E-state index in [4.69, 9.17) is 14.2 Å². The minimum absolute atomic E-state index is 0.318. The van der Waals surface area contributed by atoms with Crippen LogP contribution >= 0.6 is 11.8 Å². The third kappa shape index (κ3) is 3.88. The number of aromatic nitrogens is 5. The number of rotatable bonds is 8. The van der Waals surface area contributed by atoms with Gasteiger partial charge in [-0.25, -0.2) is 0 Å². The summed E-state index contributed by atoms with van der Waals surface area (Å²) in [4.78, 5) is 11.7. The summed E-state index contributed by atoms with van der Waals surface area (Å²) in [6, 6.07) is 0. The van der Waals surface area contributed by atoms with E-state index in [-0.39, 0.29) is 5.97 Å². The minimum Gasteiger partial charge on any atom is -0.479 e. The fourth-order valence-corrected chi connectivity index (χ4v) is 3.01. The highest BCUT2D eigenvalue weighted by Crippen LogP contribution is 2.31. The van der Waals surface area contributed by atoms with Crippen molar-refractivity contribution in [2.75, 3.05) is 27.9 Å². The molecule has 0 fully saturated rings. The van der Waals surface area contributed by atoms with E-state index in [0.717, 1.165) is 5.56 Å². The lowest BCUT2D eigenvalue weighted by Gasteiger charge is -2.11. The molecule has 0 spiro atoms. The summed E-state index contributed by atoms with van der Waals surface area (Å²) in [5.41, 5.74) is 0.723. The molecule has 1 atom stereocenters. The van der Waals surface area contributed by atoms with Gasteiger partial charge in [0.15, 0.2) is 11.0 Å². The fraction of sp³-hybridized carbons (Fsp3) is 0.571. The first-order valence-electron chi connectivity index (χ1n) is 7.26. The number of methoxy groups -OCH3 is 3. The zero-order valence-corrected chi connectivity index (χ0v) is 15.2. The molecule has 0 aliphatic rings. The van der Waals surface area contributed by atoms with Crippen molar-refractivity contribution in [1.29, 1.82) is 0 Å². The molecule has 0 bridgehead atoms. The van der Waals surface area contributed by atoms with E-state index in [2.05, 4.69) is 15.3 Å². The van der Waals surface area contributed by atoms with Crippen LogP contribution in [0.4, 0.5) is 0 Å². The molecule has 0 saturated carbocycles. The first kappa shape index (κ1) is 18.3. The first-order valence-corrected chi connectivity index (χ1v) is 8.14. The monoisotopic (exact) mass is 355 g/mol. The van der Waals surface area contributed by atoms with Gasteiger partial charge in [-0.15, -0.1) is 15.3 Å². The second kappa shape index (κ2) is 8.15. The number of hydrogen-bond acceptors (Lipinski definition) is 8. The maximum Gasteiger partial charge on any atom is 0.318 e. The molecule has 1 unspecified atom stereocenters. The quantitative estimate of drug-likeness (QED) is 0.511. The SMILES string of the molecule is COCCn1c(SC(C)C(=O)OC)nnc1-c1cn(C)nc1OC. The number of nitrogens with zero attached hydrogens (tertiary/aromatic N) is 5. The molecule has 0 radical (unpaired) electrons. The normalized spacial score (nSPS) is 12.2. The van der Waals surface area contributed by atoms with E-state index < -0.39 is 5.25 Å². The lowest BCUT2D eigenvalue weighted by Crippen LogP contribution is -2.16. The number of esters is 1. The highest BCUT2D eigenvalue weighted by atomic mass is 32.2. The molecule has 0 aliphatic heterocycles. The van der Waals surface area contributed by atoms with Gasteiger partial charge in [-0.3, -0.25) is 14.0 Å². The molecule has 9 nitrogen and oxygen atoms in total. The third-order valence-electron chi connectivity index (χ3n) is 3.28. The van der Waals surface area contributed by atoms with Crippen molar-refractivity contribution in [3.05, 3.63) is 6.20 Å². The molecule has 132 valence electrons. The van der Waals surface area contributed by atoms with Crippen molar-refractivity contribution < 1.29 is 19.0 Å². The number of hydrogen-bond donors (Lipinski definition) is 0. The zero-order valence-electron chi connectivity index (χ0n) is 14.3. The van der Waals surface area contributed by atoms with Gasteiger partial charge in [0, 0.05) is 20.4 Å². The van der Waals surface area contributed by atoms with E-state index in [1.807, 2.05) is 10.8 Å². The largest absolute Gasteiger partial charge is 0.479 e. The molecule has 0 saturated heterocycles. The Hall–Kier alpha value is -2.07. The van der Waals surface area contributed by atoms with Crippen molar-refractivity contribution >= 4 is 17.7 Å². The maximum absolute atomic E-state index is 11.7. The van der Waals surface area contributed by atoms with Crippen molar-refractivity contribution in [1.82, 2.24) is 24.5 Å². The predicted octanol–water partition coefficient (Wildman–Crippen LogP) is 0.987. The average Bonchev–Trinajstić information content (AvgIpc) is 3.14. The predicted molar refractivity (Wildman–Crippen MR) is 88.0 cm³/mol. The summed E-state index contributed by atoms with van der Waals surface area (Å²) in [5, 5.41) is 12.9. The fourth-order valence-electron chi connectivity index (χ4n) is 2.10. The van der Waals surface area contributed by atoms with Crippen molar-refractivity contribution in [2.45, 2.75) is 23.9 Å². The standard InChI is InChI=1S/C14H21N5O4S/c1-9(13(20)23-5)24-14-16-15-11(19(14)6-7-21-3)10-8-18(2)17-12(10)22-4/h8-9H,6-7H2,1-5H3. The summed E-state index contributed by atoms with van der Waals surface area (Å²) >= 11 is 1.28. The Bertz CT molecular complexity index is 699. The Balaban J connectivity index is 2.39. The molecule has 10 heteroatoms. The number of thioether (sulfide) groups is 1. The van der Waals surface area contributed by atoms with Crippen LogP contribution in [0.3, 0.4) is 0 Å². The number of ether oxygens (including phenoxy) is 3. The van der Waals surface area contributed by atoms with Gasteiger partial charge in [-0.2, -0.15) is 0 Å². The van der Waals surface area contributed by atoms with E-state index in [1.165, 1.54) is 18.9 Å². The molecule has 0 amide bonds. The highest BCUT2D eigenvalue weighted by molar-refractivity contribution is 8.00. The van der Waals surface area contributed by atoms with Crippen molar-refractivity contribution in [3.63, 3.8) is 0 Å². The van der Waals surface area contributed by atoms with E-state index >= 15 is 0 Å². The molecule has 0 aromatic carbocycles. The van der Waals surface area contributed by atoms with Crippen LogP contribution in [0, 0.1) is 0 Å². The molecule has 0 N–H and O–H groups in total. The molecular weight excluding hydrogens is 334 g/mol. The van der Waals surface area contributed by atoms with Gasteiger partial charge in [0.2, 0.25) is 5.88 Å². The first-order chi connectivity index (χ1) is 11.5. The maximum atomic E-state index is 11.7. The average molecular weight is 355 g/mol. The highest BCUT2D eigenvalue weighted by Gasteiger charge is 2.23. The number of carbonyl (C=O) groups is 1. The Labute approximate surface area is 144 Å². The topological polar surface area (TPSA) is 93.3 Å². The summed E-state index contributed by atoms with van der Waals surface area (Å²) < 4.78 is 18.8. The Kier molecular flexibility index (Phi) is 6.21. The molecule has 24 heavy (non-hydrogen) atoms. The van der Waals surface area contributed by atoms with Crippen LogP contribution in [-0.4, -0.2) is 63.7 Å². The van der Waals surface area contributed by atoms with Crippen LogP contribution in [0.15, 0.2) is 11.4 Å². The van der Waals surface area contributed by atoms with Gasteiger partial charge in [-0.05, 0) is 6.92 Å². The summed E-state index contributed by atoms with van der Waals surface area (Å²) in [6.07, 6.45) is 1.81. The van der Waals surface area contributed by atoms with Gasteiger partial charge in [0.25, 0.3) is 0 Å². The molecule has 2 aromatic rings. The second-order valence-corrected chi connectivity index (χ2v) is 6.27. The van der Waals surface area contributed by atoms with E-state index in [9.17, 15) is 4.79 Å². The van der Waals surface area contributed by atoms with Crippen molar-refractivity contribution in [2.24, 2.45) is 7.05 Å². The minimum atomic E-state index is -0.399. The zero-order chi connectivity index (χ0) is 17.7. The van der Waals surface area contributed by atoms with Gasteiger partial charge in [0.05, 0.1) is 27.4 Å². The van der Waals surface area contributed by atoms with Gasteiger partial charge >= 0.3 is 5.97 Å². The molecule has 0 aliphatic carbocycles. The van der Waals surface area contributed by atoms with Crippen molar-refractivity contribution in [3.8, 4) is 17.3 Å².